The molecule has 0 aliphatic carbocycles. The van der Waals surface area contributed by atoms with Gasteiger partial charge in [-0.25, -0.2) is 4.39 Å². The number of guanidine groups is 1. The van der Waals surface area contributed by atoms with Crippen molar-refractivity contribution in [1.82, 2.24) is 10.2 Å². The first-order valence-electron chi connectivity index (χ1n) is 4.67. The maximum absolute atomic E-state index is 11.9. The number of alkyl halides is 1. The number of aliphatic imine (C=N–C) groups is 1. The molecule has 0 fully saturated rings. The van der Waals surface area contributed by atoms with E-state index in [0.717, 1.165) is 19.0 Å². The molecule has 0 radical (unpaired) electrons. The van der Waals surface area contributed by atoms with Crippen LogP contribution in [0.1, 0.15) is 20.8 Å². The molecule has 1 aliphatic rings. The van der Waals surface area contributed by atoms with E-state index < -0.39 is 0 Å². The Kier molecular flexibility index (Phi) is 3.12. The van der Waals surface area contributed by atoms with Crippen molar-refractivity contribution < 1.29 is 4.39 Å². The fraction of sp³-hybridized carbons (Fsp3) is 0.889. The highest BCUT2D eigenvalue weighted by Gasteiger charge is 2.27. The second-order valence-electron chi connectivity index (χ2n) is 4.14. The summed E-state index contributed by atoms with van der Waals surface area (Å²) >= 11 is 0. The van der Waals surface area contributed by atoms with Gasteiger partial charge in [0.25, 0.3) is 0 Å². The highest BCUT2D eigenvalue weighted by Crippen LogP contribution is 2.15. The topological polar surface area (TPSA) is 27.6 Å². The third-order valence-electron chi connectivity index (χ3n) is 2.03. The Hall–Kier alpha value is -0.800. The summed E-state index contributed by atoms with van der Waals surface area (Å²) in [7, 11) is 0. The van der Waals surface area contributed by atoms with E-state index in [1.54, 1.807) is 0 Å². The van der Waals surface area contributed by atoms with Gasteiger partial charge in [0.05, 0.1) is 6.54 Å². The van der Waals surface area contributed by atoms with E-state index in [-0.39, 0.29) is 12.2 Å². The number of hydrogen-bond acceptors (Lipinski definition) is 3. The minimum atomic E-state index is -0.350. The normalized spacial score (nSPS) is 17.5. The summed E-state index contributed by atoms with van der Waals surface area (Å²) in [6.45, 7) is 8.13. The molecule has 4 heteroatoms. The Morgan fingerprint density at radius 1 is 1.54 bits per heavy atom. The van der Waals surface area contributed by atoms with Crippen LogP contribution in [0.5, 0.6) is 0 Å². The Morgan fingerprint density at radius 2 is 2.23 bits per heavy atom. The van der Waals surface area contributed by atoms with E-state index in [1.165, 1.54) is 0 Å². The summed E-state index contributed by atoms with van der Waals surface area (Å²) in [6.07, 6.45) is 0. The molecular weight excluding hydrogens is 169 g/mol. The standard InChI is InChI=1S/C9H18FN3/c1-9(2,3)13-7-6-12-8(13)11-5-4-10/h4-7H2,1-3H3,(H,11,12). The third-order valence-corrected chi connectivity index (χ3v) is 2.03. The molecular formula is C9H18FN3. The quantitative estimate of drug-likeness (QED) is 0.699. The monoisotopic (exact) mass is 187 g/mol. The van der Waals surface area contributed by atoms with Crippen LogP contribution in [0.2, 0.25) is 0 Å². The first-order chi connectivity index (χ1) is 6.05. The van der Waals surface area contributed by atoms with Gasteiger partial charge in [-0.2, -0.15) is 0 Å². The molecule has 0 bridgehead atoms. The van der Waals surface area contributed by atoms with Crippen molar-refractivity contribution in [3.8, 4) is 0 Å². The Bertz CT molecular complexity index is 196. The van der Waals surface area contributed by atoms with Crippen molar-refractivity contribution in [2.24, 2.45) is 4.99 Å². The fourth-order valence-electron chi connectivity index (χ4n) is 1.41. The predicted molar refractivity (Wildman–Crippen MR) is 52.7 cm³/mol. The first-order valence-corrected chi connectivity index (χ1v) is 4.67. The average molecular weight is 187 g/mol. The maximum atomic E-state index is 11.9. The predicted octanol–water partition coefficient (Wildman–Crippen LogP) is 1.02. The van der Waals surface area contributed by atoms with Gasteiger partial charge in [0.15, 0.2) is 5.96 Å². The van der Waals surface area contributed by atoms with Crippen molar-refractivity contribution in [2.45, 2.75) is 26.3 Å². The van der Waals surface area contributed by atoms with Crippen molar-refractivity contribution in [3.05, 3.63) is 0 Å². The number of rotatable bonds is 2. The summed E-state index contributed by atoms with van der Waals surface area (Å²) < 4.78 is 11.9. The van der Waals surface area contributed by atoms with Crippen LogP contribution in [0.15, 0.2) is 4.99 Å². The smallest absolute Gasteiger partial charge is 0.194 e. The van der Waals surface area contributed by atoms with E-state index in [0.29, 0.717) is 6.54 Å². The molecule has 0 aromatic heterocycles. The van der Waals surface area contributed by atoms with Crippen LogP contribution in [0.4, 0.5) is 4.39 Å². The number of nitrogens with one attached hydrogen (secondary N) is 1. The Balaban J connectivity index is 2.53. The molecule has 0 aromatic rings. The van der Waals surface area contributed by atoms with Crippen LogP contribution in [0.3, 0.4) is 0 Å². The van der Waals surface area contributed by atoms with Gasteiger partial charge in [-0.05, 0) is 20.8 Å². The second-order valence-corrected chi connectivity index (χ2v) is 4.14. The molecule has 13 heavy (non-hydrogen) atoms. The van der Waals surface area contributed by atoms with Gasteiger partial charge < -0.3 is 10.2 Å². The van der Waals surface area contributed by atoms with Crippen LogP contribution in [-0.2, 0) is 0 Å². The first kappa shape index (κ1) is 10.3. The maximum Gasteiger partial charge on any atom is 0.194 e. The molecule has 3 nitrogen and oxygen atoms in total. The molecule has 0 unspecified atom stereocenters. The van der Waals surface area contributed by atoms with Gasteiger partial charge in [0, 0.05) is 18.6 Å². The zero-order valence-electron chi connectivity index (χ0n) is 8.60. The summed E-state index contributed by atoms with van der Waals surface area (Å²) in [4.78, 5) is 6.46. The van der Waals surface area contributed by atoms with Crippen LogP contribution in [-0.4, -0.2) is 42.7 Å². The van der Waals surface area contributed by atoms with Crippen LogP contribution >= 0.6 is 0 Å². The SMILES string of the molecule is CC(C)(C)N1CCN=C1NCCF. The van der Waals surface area contributed by atoms with Gasteiger partial charge >= 0.3 is 0 Å². The highest BCUT2D eigenvalue weighted by molar-refractivity contribution is 5.82. The lowest BCUT2D eigenvalue weighted by molar-refractivity contribution is 0.249. The molecule has 0 atom stereocenters. The highest BCUT2D eigenvalue weighted by atomic mass is 19.1. The summed E-state index contributed by atoms with van der Waals surface area (Å²) in [6, 6.07) is 0. The van der Waals surface area contributed by atoms with Gasteiger partial charge in [-0.1, -0.05) is 0 Å². The van der Waals surface area contributed by atoms with E-state index >= 15 is 0 Å². The molecule has 0 saturated carbocycles. The van der Waals surface area contributed by atoms with Gasteiger partial charge in [0.1, 0.15) is 6.67 Å². The number of hydrogen-bond donors (Lipinski definition) is 1. The Morgan fingerprint density at radius 3 is 2.77 bits per heavy atom. The largest absolute Gasteiger partial charge is 0.354 e. The van der Waals surface area contributed by atoms with Crippen molar-refractivity contribution in [3.63, 3.8) is 0 Å². The van der Waals surface area contributed by atoms with E-state index in [4.69, 9.17) is 0 Å². The molecule has 0 saturated heterocycles. The zero-order chi connectivity index (χ0) is 9.90. The minimum Gasteiger partial charge on any atom is -0.354 e. The van der Waals surface area contributed by atoms with Crippen LogP contribution in [0.25, 0.3) is 0 Å². The van der Waals surface area contributed by atoms with E-state index in [9.17, 15) is 4.39 Å². The molecule has 1 N–H and O–H groups in total. The van der Waals surface area contributed by atoms with Gasteiger partial charge in [-0.15, -0.1) is 0 Å². The second kappa shape index (κ2) is 3.94. The zero-order valence-corrected chi connectivity index (χ0v) is 8.60. The summed E-state index contributed by atoms with van der Waals surface area (Å²) in [5.41, 5.74) is 0.0681. The molecule has 1 heterocycles. The van der Waals surface area contributed by atoms with Crippen LogP contribution < -0.4 is 5.32 Å². The van der Waals surface area contributed by atoms with Crippen molar-refractivity contribution >= 4 is 5.96 Å². The summed E-state index contributed by atoms with van der Waals surface area (Å²) in [5, 5.41) is 2.99. The number of halogens is 1. The van der Waals surface area contributed by atoms with Crippen molar-refractivity contribution in [2.75, 3.05) is 26.3 Å². The average Bonchev–Trinajstić information content (AvgIpc) is 2.47. The van der Waals surface area contributed by atoms with Crippen molar-refractivity contribution in [1.29, 1.82) is 0 Å². The lowest BCUT2D eigenvalue weighted by Gasteiger charge is -2.34. The molecule has 0 spiro atoms. The minimum absolute atomic E-state index is 0.0681. The van der Waals surface area contributed by atoms with Gasteiger partial charge in [0.2, 0.25) is 0 Å². The molecule has 76 valence electrons. The Labute approximate surface area is 79.0 Å². The van der Waals surface area contributed by atoms with E-state index in [2.05, 4.69) is 36.0 Å². The lowest BCUT2D eigenvalue weighted by atomic mass is 10.1. The molecule has 0 amide bonds. The summed E-state index contributed by atoms with van der Waals surface area (Å²) in [5.74, 6) is 0.838. The third kappa shape index (κ3) is 2.57. The molecule has 1 rings (SSSR count). The van der Waals surface area contributed by atoms with Crippen LogP contribution in [0, 0.1) is 0 Å². The number of nitrogens with zero attached hydrogens (tertiary/aromatic N) is 2. The van der Waals surface area contributed by atoms with E-state index in [1.807, 2.05) is 0 Å². The molecule has 0 aromatic carbocycles. The lowest BCUT2D eigenvalue weighted by Crippen LogP contribution is -2.49. The molecule has 1 aliphatic heterocycles. The van der Waals surface area contributed by atoms with Gasteiger partial charge in [-0.3, -0.25) is 4.99 Å². The fourth-order valence-corrected chi connectivity index (χ4v) is 1.41.